The predicted octanol–water partition coefficient (Wildman–Crippen LogP) is 2.16. The number of allylic oxidation sites excluding steroid dienone is 1. The SMILES string of the molecule is C=C1CCC[C@]2(C)C[C@@H]3OC(=O)[C@@H](C[NH+]4C[C@@H]5C[C@H](C4)c4cccc(=O)n4C5)[C@H]3C[C@@H]12. The highest BCUT2D eigenvalue weighted by Crippen LogP contribution is 2.56. The van der Waals surface area contributed by atoms with Crippen LogP contribution in [-0.4, -0.2) is 36.3 Å². The first kappa shape index (κ1) is 19.8. The number of esters is 1. The van der Waals surface area contributed by atoms with Crippen molar-refractivity contribution in [3.63, 3.8) is 0 Å². The average molecular weight is 424 g/mol. The van der Waals surface area contributed by atoms with E-state index in [0.29, 0.717) is 23.7 Å². The second kappa shape index (κ2) is 7.06. The van der Waals surface area contributed by atoms with Crippen molar-refractivity contribution < 1.29 is 14.4 Å². The number of ether oxygens (including phenoxy) is 1. The molecule has 1 aromatic rings. The van der Waals surface area contributed by atoms with Gasteiger partial charge in [-0.1, -0.05) is 25.1 Å². The number of hydrogen-bond acceptors (Lipinski definition) is 3. The summed E-state index contributed by atoms with van der Waals surface area (Å²) in [6, 6.07) is 5.71. The minimum absolute atomic E-state index is 0.0241. The van der Waals surface area contributed by atoms with E-state index in [4.69, 9.17) is 4.74 Å². The van der Waals surface area contributed by atoms with E-state index in [2.05, 4.69) is 19.6 Å². The second-order valence-electron chi connectivity index (χ2n) is 11.5. The van der Waals surface area contributed by atoms with E-state index in [-0.39, 0.29) is 29.0 Å². The van der Waals surface area contributed by atoms with Gasteiger partial charge in [0.15, 0.2) is 0 Å². The number of rotatable bonds is 2. The van der Waals surface area contributed by atoms with Crippen LogP contribution in [0, 0.1) is 29.1 Å². The van der Waals surface area contributed by atoms with Gasteiger partial charge in [-0.3, -0.25) is 9.59 Å². The molecule has 5 nitrogen and oxygen atoms in total. The summed E-state index contributed by atoms with van der Waals surface area (Å²) in [6.45, 7) is 10.6. The van der Waals surface area contributed by atoms with Crippen LogP contribution in [0.5, 0.6) is 0 Å². The summed E-state index contributed by atoms with van der Waals surface area (Å²) < 4.78 is 8.00. The number of piperidine rings is 1. The summed E-state index contributed by atoms with van der Waals surface area (Å²) in [7, 11) is 0. The zero-order chi connectivity index (χ0) is 21.3. The fourth-order valence-corrected chi connectivity index (χ4v) is 8.09. The van der Waals surface area contributed by atoms with Crippen LogP contribution in [0.25, 0.3) is 0 Å². The monoisotopic (exact) mass is 423 g/mol. The number of hydrogen-bond donors (Lipinski definition) is 1. The fourth-order valence-electron chi connectivity index (χ4n) is 8.09. The summed E-state index contributed by atoms with van der Waals surface area (Å²) in [5.41, 5.74) is 3.00. The largest absolute Gasteiger partial charge is 0.462 e. The zero-order valence-corrected chi connectivity index (χ0v) is 18.6. The Morgan fingerprint density at radius 2 is 2.13 bits per heavy atom. The Morgan fingerprint density at radius 3 is 3.00 bits per heavy atom. The van der Waals surface area contributed by atoms with Gasteiger partial charge in [0.1, 0.15) is 12.0 Å². The molecular weight excluding hydrogens is 388 g/mol. The first-order chi connectivity index (χ1) is 14.9. The molecule has 0 amide bonds. The maximum Gasteiger partial charge on any atom is 0.315 e. The van der Waals surface area contributed by atoms with Crippen LogP contribution in [0.3, 0.4) is 0 Å². The molecule has 4 fully saturated rings. The van der Waals surface area contributed by atoms with Gasteiger partial charge >= 0.3 is 5.97 Å². The molecule has 1 aromatic heterocycles. The fraction of sp³-hybridized carbons (Fsp3) is 0.692. The minimum Gasteiger partial charge on any atom is -0.462 e. The number of carbonyl (C=O) groups excluding carboxylic acids is 1. The lowest BCUT2D eigenvalue weighted by molar-refractivity contribution is -0.913. The highest BCUT2D eigenvalue weighted by Gasteiger charge is 2.56. The summed E-state index contributed by atoms with van der Waals surface area (Å²) >= 11 is 0. The normalized spacial score (nSPS) is 43.6. The molecule has 0 spiro atoms. The summed E-state index contributed by atoms with van der Waals surface area (Å²) in [5, 5.41) is 0. The van der Waals surface area contributed by atoms with E-state index in [9.17, 15) is 9.59 Å². The summed E-state index contributed by atoms with van der Waals surface area (Å²) in [4.78, 5) is 26.8. The lowest BCUT2D eigenvalue weighted by atomic mass is 9.55. The smallest absolute Gasteiger partial charge is 0.315 e. The molecule has 2 aliphatic carbocycles. The zero-order valence-electron chi connectivity index (χ0n) is 18.6. The molecule has 0 radical (unpaired) electrons. The Balaban J connectivity index is 1.20. The molecule has 3 aliphatic heterocycles. The first-order valence-electron chi connectivity index (χ1n) is 12.3. The Bertz CT molecular complexity index is 983. The molecule has 31 heavy (non-hydrogen) atoms. The van der Waals surface area contributed by atoms with Gasteiger partial charge in [0.2, 0.25) is 0 Å². The highest BCUT2D eigenvalue weighted by molar-refractivity contribution is 5.75. The summed E-state index contributed by atoms with van der Waals surface area (Å²) in [5.74, 6) is 1.93. The molecule has 1 unspecified atom stereocenters. The van der Waals surface area contributed by atoms with Crippen LogP contribution in [0.15, 0.2) is 35.1 Å². The average Bonchev–Trinajstić information content (AvgIpc) is 3.01. The topological polar surface area (TPSA) is 52.7 Å². The van der Waals surface area contributed by atoms with Gasteiger partial charge in [-0.15, -0.1) is 0 Å². The van der Waals surface area contributed by atoms with Crippen molar-refractivity contribution in [2.45, 2.75) is 64.0 Å². The minimum atomic E-state index is 0.0241. The Kier molecular flexibility index (Phi) is 4.51. The van der Waals surface area contributed by atoms with Crippen LogP contribution in [0.4, 0.5) is 0 Å². The third kappa shape index (κ3) is 3.14. The van der Waals surface area contributed by atoms with Crippen molar-refractivity contribution in [2.75, 3.05) is 19.6 Å². The quantitative estimate of drug-likeness (QED) is 0.586. The van der Waals surface area contributed by atoms with Crippen LogP contribution in [0.2, 0.25) is 0 Å². The molecule has 6 rings (SSSR count). The number of nitrogens with one attached hydrogen (secondary N) is 1. The number of carbonyl (C=O) groups is 1. The molecule has 1 N–H and O–H groups in total. The highest BCUT2D eigenvalue weighted by atomic mass is 16.6. The van der Waals surface area contributed by atoms with Crippen LogP contribution in [-0.2, 0) is 16.1 Å². The van der Waals surface area contributed by atoms with Crippen molar-refractivity contribution in [3.05, 3.63) is 46.4 Å². The number of quaternary nitrogens is 1. The van der Waals surface area contributed by atoms with Crippen LogP contribution in [0.1, 0.15) is 57.1 Å². The number of likely N-dealkylation sites (tertiary alicyclic amines) is 1. The van der Waals surface area contributed by atoms with E-state index in [1.54, 1.807) is 6.07 Å². The lowest BCUT2D eigenvalue weighted by Crippen LogP contribution is -3.15. The van der Waals surface area contributed by atoms with Crippen LogP contribution >= 0.6 is 0 Å². The molecule has 0 aromatic carbocycles. The molecule has 5 heteroatoms. The maximum atomic E-state index is 13.0. The predicted molar refractivity (Wildman–Crippen MR) is 118 cm³/mol. The molecule has 4 heterocycles. The molecule has 2 bridgehead atoms. The Hall–Kier alpha value is -1.88. The number of pyridine rings is 1. The van der Waals surface area contributed by atoms with Crippen molar-refractivity contribution in [1.29, 1.82) is 0 Å². The molecule has 5 aliphatic rings. The van der Waals surface area contributed by atoms with Gasteiger partial charge in [-0.2, -0.15) is 0 Å². The molecular formula is C26H35N2O3+. The van der Waals surface area contributed by atoms with Crippen molar-refractivity contribution >= 4 is 5.97 Å². The third-order valence-corrected chi connectivity index (χ3v) is 9.50. The molecule has 2 saturated carbocycles. The first-order valence-corrected chi connectivity index (χ1v) is 12.3. The number of aromatic nitrogens is 1. The van der Waals surface area contributed by atoms with Crippen molar-refractivity contribution in [3.8, 4) is 0 Å². The molecule has 166 valence electrons. The third-order valence-electron chi connectivity index (χ3n) is 9.50. The van der Waals surface area contributed by atoms with Gasteiger partial charge < -0.3 is 14.2 Å². The molecule has 8 atom stereocenters. The van der Waals surface area contributed by atoms with Crippen molar-refractivity contribution in [1.82, 2.24) is 4.57 Å². The molecule has 2 saturated heterocycles. The van der Waals surface area contributed by atoms with E-state index in [1.165, 1.54) is 35.4 Å². The summed E-state index contributed by atoms with van der Waals surface area (Å²) in [6.07, 6.45) is 6.99. The van der Waals surface area contributed by atoms with Gasteiger partial charge in [-0.05, 0) is 55.9 Å². The Morgan fingerprint density at radius 1 is 1.26 bits per heavy atom. The van der Waals surface area contributed by atoms with Crippen molar-refractivity contribution in [2.24, 2.45) is 29.1 Å². The number of nitrogens with zero attached hydrogens (tertiary/aromatic N) is 1. The standard InChI is InChI=1S/C26H34N2O3/c1-16-5-4-8-26(2)11-23-19(10-21(16)26)20(25(30)31-23)15-27-12-17-9-18(14-27)22-6-3-7-24(29)28(22)13-17/h3,6-7,17-21,23H,1,4-5,8-15H2,2H3/p+1/t17-,18+,19+,20-,21-,23-,26+/m0/s1. The van der Waals surface area contributed by atoms with E-state index in [1.807, 2.05) is 10.6 Å². The van der Waals surface area contributed by atoms with Crippen LogP contribution < -0.4 is 10.5 Å². The van der Waals surface area contributed by atoms with Gasteiger partial charge in [0, 0.05) is 36.1 Å². The van der Waals surface area contributed by atoms with Gasteiger partial charge in [-0.25, -0.2) is 0 Å². The van der Waals surface area contributed by atoms with Gasteiger partial charge in [0.25, 0.3) is 5.56 Å². The van der Waals surface area contributed by atoms with E-state index < -0.39 is 0 Å². The van der Waals surface area contributed by atoms with Gasteiger partial charge in [0.05, 0.1) is 19.6 Å². The maximum absolute atomic E-state index is 13.0. The second-order valence-corrected chi connectivity index (χ2v) is 11.5. The number of fused-ring (bicyclic) bond motifs is 6. The Labute approximate surface area is 184 Å². The lowest BCUT2D eigenvalue weighted by Gasteiger charge is -2.50. The van der Waals surface area contributed by atoms with E-state index >= 15 is 0 Å². The van der Waals surface area contributed by atoms with E-state index in [0.717, 1.165) is 45.4 Å².